The van der Waals surface area contributed by atoms with E-state index < -0.39 is 0 Å². The highest BCUT2D eigenvalue weighted by Crippen LogP contribution is 2.17. The first-order valence-electron chi connectivity index (χ1n) is 7.38. The summed E-state index contributed by atoms with van der Waals surface area (Å²) >= 11 is 3.46. The fourth-order valence-corrected chi connectivity index (χ4v) is 2.77. The Balaban J connectivity index is 1.54. The van der Waals surface area contributed by atoms with Gasteiger partial charge in [-0.15, -0.1) is 0 Å². The summed E-state index contributed by atoms with van der Waals surface area (Å²) < 4.78 is 2.66. The van der Waals surface area contributed by atoms with Crippen LogP contribution in [0.1, 0.15) is 25.3 Å². The Bertz CT molecular complexity index is 741. The Labute approximate surface area is 137 Å². The maximum atomic E-state index is 4.57. The maximum absolute atomic E-state index is 4.57. The van der Waals surface area contributed by atoms with Gasteiger partial charge < -0.3 is 5.32 Å². The van der Waals surface area contributed by atoms with Crippen molar-refractivity contribution in [3.8, 4) is 0 Å². The average Bonchev–Trinajstić information content (AvgIpc) is 2.89. The number of nitrogens with zero attached hydrogens (tertiary/aromatic N) is 4. The minimum atomic E-state index is 0.369. The van der Waals surface area contributed by atoms with E-state index in [1.54, 1.807) is 10.7 Å². The number of aromatic nitrogens is 4. The second-order valence-electron chi connectivity index (χ2n) is 5.37. The third-order valence-corrected chi connectivity index (χ3v) is 4.11. The molecular weight excluding hydrogens is 342 g/mol. The standard InChI is InChI=1S/C16H18BrN5/c1-12(4-2-5-13-6-3-8-18-10-13)20-15-7-9-22-16(21-15)14(17)11-19-22/h3,6-12H,2,4-5H2,1H3,(H,20,21). The van der Waals surface area contributed by atoms with Crippen molar-refractivity contribution in [2.45, 2.75) is 32.2 Å². The first-order valence-corrected chi connectivity index (χ1v) is 8.17. The highest BCUT2D eigenvalue weighted by atomic mass is 79.9. The first-order chi connectivity index (χ1) is 10.7. The number of nitrogens with one attached hydrogen (secondary N) is 1. The van der Waals surface area contributed by atoms with Gasteiger partial charge in [0.2, 0.25) is 0 Å². The zero-order chi connectivity index (χ0) is 15.4. The zero-order valence-corrected chi connectivity index (χ0v) is 14.0. The van der Waals surface area contributed by atoms with Gasteiger partial charge in [0, 0.05) is 24.6 Å². The van der Waals surface area contributed by atoms with Gasteiger partial charge in [0.25, 0.3) is 0 Å². The van der Waals surface area contributed by atoms with Crippen molar-refractivity contribution in [2.24, 2.45) is 0 Å². The maximum Gasteiger partial charge on any atom is 0.171 e. The van der Waals surface area contributed by atoms with E-state index in [9.17, 15) is 0 Å². The van der Waals surface area contributed by atoms with Gasteiger partial charge in [-0.05, 0) is 59.8 Å². The van der Waals surface area contributed by atoms with Crippen LogP contribution in [0.15, 0.2) is 47.5 Å². The van der Waals surface area contributed by atoms with E-state index in [-0.39, 0.29) is 0 Å². The molecule has 0 saturated carbocycles. The van der Waals surface area contributed by atoms with Crippen LogP contribution in [0.4, 0.5) is 5.82 Å². The molecule has 6 heteroatoms. The molecule has 5 nitrogen and oxygen atoms in total. The first kappa shape index (κ1) is 15.0. The van der Waals surface area contributed by atoms with Crippen molar-refractivity contribution >= 4 is 27.4 Å². The molecule has 0 fully saturated rings. The second-order valence-corrected chi connectivity index (χ2v) is 6.23. The Morgan fingerprint density at radius 3 is 3.05 bits per heavy atom. The lowest BCUT2D eigenvalue weighted by Gasteiger charge is -2.14. The summed E-state index contributed by atoms with van der Waals surface area (Å²) in [7, 11) is 0. The Hall–Kier alpha value is -1.95. The molecule has 1 atom stereocenters. The average molecular weight is 360 g/mol. The second kappa shape index (κ2) is 6.87. The number of aryl methyl sites for hydroxylation is 1. The Kier molecular flexibility index (Phi) is 4.68. The van der Waals surface area contributed by atoms with Crippen molar-refractivity contribution in [3.63, 3.8) is 0 Å². The van der Waals surface area contributed by atoms with Crippen LogP contribution in [-0.4, -0.2) is 25.6 Å². The lowest BCUT2D eigenvalue weighted by atomic mass is 10.1. The smallest absolute Gasteiger partial charge is 0.171 e. The van der Waals surface area contributed by atoms with Crippen molar-refractivity contribution in [1.29, 1.82) is 0 Å². The lowest BCUT2D eigenvalue weighted by Crippen LogP contribution is -2.16. The molecule has 1 N–H and O–H groups in total. The number of halogens is 1. The molecule has 0 aliphatic carbocycles. The number of pyridine rings is 1. The van der Waals surface area contributed by atoms with E-state index >= 15 is 0 Å². The number of hydrogen-bond acceptors (Lipinski definition) is 4. The predicted octanol–water partition coefficient (Wildman–Crippen LogP) is 3.71. The van der Waals surface area contributed by atoms with Crippen LogP contribution in [0.5, 0.6) is 0 Å². The zero-order valence-electron chi connectivity index (χ0n) is 12.4. The van der Waals surface area contributed by atoms with Crippen molar-refractivity contribution in [2.75, 3.05) is 5.32 Å². The molecule has 0 bridgehead atoms. The highest BCUT2D eigenvalue weighted by Gasteiger charge is 2.07. The van der Waals surface area contributed by atoms with E-state index in [1.807, 2.05) is 30.7 Å². The molecule has 0 aliphatic rings. The molecule has 22 heavy (non-hydrogen) atoms. The normalized spacial score (nSPS) is 12.5. The number of anilines is 1. The quantitative estimate of drug-likeness (QED) is 0.728. The van der Waals surface area contributed by atoms with Crippen LogP contribution in [0.25, 0.3) is 5.65 Å². The molecule has 0 radical (unpaired) electrons. The molecule has 0 amide bonds. The monoisotopic (exact) mass is 359 g/mol. The van der Waals surface area contributed by atoms with Crippen molar-refractivity contribution < 1.29 is 0 Å². The molecule has 0 aromatic carbocycles. The molecule has 0 spiro atoms. The van der Waals surface area contributed by atoms with E-state index in [0.717, 1.165) is 35.2 Å². The number of hydrogen-bond donors (Lipinski definition) is 1. The highest BCUT2D eigenvalue weighted by molar-refractivity contribution is 9.10. The van der Waals surface area contributed by atoms with Crippen LogP contribution in [0.3, 0.4) is 0 Å². The molecular formula is C16H18BrN5. The fraction of sp³-hybridized carbons (Fsp3) is 0.312. The van der Waals surface area contributed by atoms with E-state index in [1.165, 1.54) is 5.56 Å². The topological polar surface area (TPSA) is 55.1 Å². The van der Waals surface area contributed by atoms with Crippen molar-refractivity contribution in [1.82, 2.24) is 19.6 Å². The van der Waals surface area contributed by atoms with Crippen LogP contribution < -0.4 is 5.32 Å². The van der Waals surface area contributed by atoms with Crippen LogP contribution in [0.2, 0.25) is 0 Å². The molecule has 3 rings (SSSR count). The molecule has 3 aromatic rings. The summed E-state index contributed by atoms with van der Waals surface area (Å²) in [5.74, 6) is 0.877. The molecule has 3 aromatic heterocycles. The molecule has 0 saturated heterocycles. The third kappa shape index (κ3) is 3.62. The third-order valence-electron chi connectivity index (χ3n) is 3.55. The molecule has 1 unspecified atom stereocenters. The van der Waals surface area contributed by atoms with Gasteiger partial charge in [0.05, 0.1) is 10.7 Å². The molecule has 3 heterocycles. The largest absolute Gasteiger partial charge is 0.368 e. The van der Waals surface area contributed by atoms with E-state index in [4.69, 9.17) is 0 Å². The Morgan fingerprint density at radius 1 is 1.32 bits per heavy atom. The predicted molar refractivity (Wildman–Crippen MR) is 90.9 cm³/mol. The van der Waals surface area contributed by atoms with Gasteiger partial charge in [0.15, 0.2) is 5.65 Å². The fourth-order valence-electron chi connectivity index (χ4n) is 2.40. The van der Waals surface area contributed by atoms with Crippen LogP contribution in [-0.2, 0) is 6.42 Å². The van der Waals surface area contributed by atoms with E-state index in [2.05, 4.69) is 49.3 Å². The summed E-state index contributed by atoms with van der Waals surface area (Å²) in [6.07, 6.45) is 10.7. The van der Waals surface area contributed by atoms with Gasteiger partial charge in [-0.1, -0.05) is 6.07 Å². The van der Waals surface area contributed by atoms with Gasteiger partial charge in [-0.3, -0.25) is 4.98 Å². The summed E-state index contributed by atoms with van der Waals surface area (Å²) in [5, 5.41) is 7.64. The summed E-state index contributed by atoms with van der Waals surface area (Å²) in [4.78, 5) is 8.72. The molecule has 0 aliphatic heterocycles. The summed E-state index contributed by atoms with van der Waals surface area (Å²) in [6.45, 7) is 2.18. The van der Waals surface area contributed by atoms with Crippen LogP contribution in [0, 0.1) is 0 Å². The van der Waals surface area contributed by atoms with Gasteiger partial charge in [0.1, 0.15) is 5.82 Å². The lowest BCUT2D eigenvalue weighted by molar-refractivity contribution is 0.652. The SMILES string of the molecule is CC(CCCc1cccnc1)Nc1ccn2ncc(Br)c2n1. The van der Waals surface area contributed by atoms with Crippen molar-refractivity contribution in [3.05, 3.63) is 53.0 Å². The number of rotatable bonds is 6. The van der Waals surface area contributed by atoms with Crippen LogP contribution >= 0.6 is 15.9 Å². The number of fused-ring (bicyclic) bond motifs is 1. The summed E-state index contributed by atoms with van der Waals surface area (Å²) in [6, 6.07) is 6.43. The van der Waals surface area contributed by atoms with Gasteiger partial charge >= 0.3 is 0 Å². The Morgan fingerprint density at radius 2 is 2.23 bits per heavy atom. The van der Waals surface area contributed by atoms with Gasteiger partial charge in [-0.25, -0.2) is 9.50 Å². The minimum absolute atomic E-state index is 0.369. The molecule has 114 valence electrons. The minimum Gasteiger partial charge on any atom is -0.368 e. The summed E-state index contributed by atoms with van der Waals surface area (Å²) in [5.41, 5.74) is 2.12. The van der Waals surface area contributed by atoms with E-state index in [0.29, 0.717) is 6.04 Å². The van der Waals surface area contributed by atoms with Gasteiger partial charge in [-0.2, -0.15) is 5.10 Å².